The van der Waals surface area contributed by atoms with Crippen molar-refractivity contribution in [2.24, 2.45) is 0 Å². The van der Waals surface area contributed by atoms with Crippen molar-refractivity contribution in [2.75, 3.05) is 26.8 Å². The molecule has 0 atom stereocenters. The van der Waals surface area contributed by atoms with Crippen molar-refractivity contribution in [2.45, 2.75) is 13.1 Å². The number of amides is 2. The molecule has 0 aliphatic carbocycles. The molecule has 0 unspecified atom stereocenters. The van der Waals surface area contributed by atoms with E-state index in [0.29, 0.717) is 17.9 Å². The lowest BCUT2D eigenvalue weighted by molar-refractivity contribution is -0.384. The monoisotopic (exact) mass is 477 g/mol. The predicted octanol–water partition coefficient (Wildman–Crippen LogP) is 3.91. The van der Waals surface area contributed by atoms with Crippen molar-refractivity contribution in [1.82, 2.24) is 9.80 Å². The fraction of sp³-hybridized carbons (Fsp3) is 0.231. The first kappa shape index (κ1) is 25.4. The Labute approximate surface area is 203 Å². The first-order valence-corrected chi connectivity index (χ1v) is 11.0. The third-order valence-corrected chi connectivity index (χ3v) is 5.22. The molecular formula is C26H27N3O6. The second kappa shape index (κ2) is 12.9. The average Bonchev–Trinajstić information content (AvgIpc) is 3.38. The van der Waals surface area contributed by atoms with Crippen LogP contribution in [0.2, 0.25) is 0 Å². The van der Waals surface area contributed by atoms with Crippen LogP contribution in [0.15, 0.2) is 83.5 Å². The van der Waals surface area contributed by atoms with Crippen molar-refractivity contribution < 1.29 is 23.7 Å². The summed E-state index contributed by atoms with van der Waals surface area (Å²) in [5.41, 5.74) is 1.56. The van der Waals surface area contributed by atoms with E-state index in [9.17, 15) is 19.7 Å². The number of nitro groups is 1. The van der Waals surface area contributed by atoms with Crippen molar-refractivity contribution in [3.8, 4) is 0 Å². The van der Waals surface area contributed by atoms with Crippen LogP contribution < -0.4 is 0 Å². The number of nitrogens with zero attached hydrogens (tertiary/aromatic N) is 3. The zero-order chi connectivity index (χ0) is 25.0. The molecule has 0 saturated carbocycles. The number of non-ortho nitro benzene ring substituents is 1. The Bertz CT molecular complexity index is 1130. The summed E-state index contributed by atoms with van der Waals surface area (Å²) in [5.74, 6) is 0.0342. The summed E-state index contributed by atoms with van der Waals surface area (Å²) in [6.45, 7) is 0.990. The molecule has 0 bridgehead atoms. The summed E-state index contributed by atoms with van der Waals surface area (Å²) in [4.78, 5) is 39.6. The average molecular weight is 478 g/mol. The molecule has 0 radical (unpaired) electrons. The number of benzene rings is 2. The van der Waals surface area contributed by atoms with E-state index in [2.05, 4.69) is 0 Å². The van der Waals surface area contributed by atoms with Crippen LogP contribution in [0.3, 0.4) is 0 Å². The molecule has 0 spiro atoms. The zero-order valence-electron chi connectivity index (χ0n) is 19.4. The Morgan fingerprint density at radius 1 is 1.00 bits per heavy atom. The molecule has 3 aromatic rings. The second-order valence-electron chi connectivity index (χ2n) is 7.75. The normalized spacial score (nSPS) is 10.9. The molecule has 0 fully saturated rings. The van der Waals surface area contributed by atoms with Gasteiger partial charge in [0.05, 0.1) is 24.3 Å². The van der Waals surface area contributed by atoms with Crippen molar-refractivity contribution in [3.63, 3.8) is 0 Å². The van der Waals surface area contributed by atoms with Crippen LogP contribution in [0.1, 0.15) is 16.9 Å². The highest BCUT2D eigenvalue weighted by Crippen LogP contribution is 2.14. The molecule has 0 N–H and O–H groups in total. The molecule has 1 aromatic heterocycles. The van der Waals surface area contributed by atoms with Crippen LogP contribution in [0, 0.1) is 10.1 Å². The van der Waals surface area contributed by atoms with Crippen LogP contribution in [0.4, 0.5) is 5.69 Å². The summed E-state index contributed by atoms with van der Waals surface area (Å²) in [6.07, 6.45) is 4.46. The number of methoxy groups -OCH3 is 1. The summed E-state index contributed by atoms with van der Waals surface area (Å²) in [6, 6.07) is 19.0. The molecule has 2 aromatic carbocycles. The molecule has 9 nitrogen and oxygen atoms in total. The summed E-state index contributed by atoms with van der Waals surface area (Å²) in [7, 11) is 1.52. The standard InChI is InChI=1S/C26H27N3O6/c1-34-17-15-27(25(30)14-11-21-9-12-23(13-10-21)29(32)33)20-26(31)28(19-24-8-5-16-35-24)18-22-6-3-2-4-7-22/h2-14,16H,15,17-20H2,1H3/b14-11+. The molecule has 2 amide bonds. The molecule has 35 heavy (non-hydrogen) atoms. The molecule has 0 aliphatic rings. The predicted molar refractivity (Wildman–Crippen MR) is 130 cm³/mol. The van der Waals surface area contributed by atoms with E-state index >= 15 is 0 Å². The van der Waals surface area contributed by atoms with E-state index in [1.807, 2.05) is 30.3 Å². The van der Waals surface area contributed by atoms with Crippen molar-refractivity contribution in [3.05, 3.63) is 106 Å². The van der Waals surface area contributed by atoms with Crippen LogP contribution in [-0.2, 0) is 27.4 Å². The van der Waals surface area contributed by atoms with Gasteiger partial charge in [-0.15, -0.1) is 0 Å². The highest BCUT2D eigenvalue weighted by atomic mass is 16.6. The number of hydrogen-bond acceptors (Lipinski definition) is 6. The van der Waals surface area contributed by atoms with Gasteiger partial charge in [-0.05, 0) is 41.5 Å². The van der Waals surface area contributed by atoms with Crippen LogP contribution in [-0.4, -0.2) is 53.3 Å². The quantitative estimate of drug-likeness (QED) is 0.222. The highest BCUT2D eigenvalue weighted by molar-refractivity contribution is 5.94. The van der Waals surface area contributed by atoms with Gasteiger partial charge in [-0.25, -0.2) is 0 Å². The highest BCUT2D eigenvalue weighted by Gasteiger charge is 2.21. The number of hydrogen-bond donors (Lipinski definition) is 0. The van der Waals surface area contributed by atoms with E-state index < -0.39 is 4.92 Å². The maximum Gasteiger partial charge on any atom is 0.269 e. The van der Waals surface area contributed by atoms with Gasteiger partial charge >= 0.3 is 0 Å². The van der Waals surface area contributed by atoms with E-state index in [4.69, 9.17) is 9.15 Å². The Morgan fingerprint density at radius 3 is 2.37 bits per heavy atom. The first-order chi connectivity index (χ1) is 17.0. The van der Waals surface area contributed by atoms with Gasteiger partial charge < -0.3 is 19.0 Å². The Kier molecular flexibility index (Phi) is 9.32. The number of rotatable bonds is 12. The molecule has 3 rings (SSSR count). The number of ether oxygens (including phenoxy) is 1. The summed E-state index contributed by atoms with van der Waals surface area (Å²) >= 11 is 0. The van der Waals surface area contributed by atoms with Gasteiger partial charge in [-0.1, -0.05) is 30.3 Å². The largest absolute Gasteiger partial charge is 0.467 e. The maximum atomic E-state index is 13.3. The lowest BCUT2D eigenvalue weighted by Crippen LogP contribution is -2.43. The zero-order valence-corrected chi connectivity index (χ0v) is 19.4. The molecule has 1 heterocycles. The van der Waals surface area contributed by atoms with E-state index in [-0.39, 0.29) is 43.7 Å². The maximum absolute atomic E-state index is 13.3. The fourth-order valence-electron chi connectivity index (χ4n) is 3.34. The lowest BCUT2D eigenvalue weighted by Gasteiger charge is -2.26. The number of furan rings is 1. The van der Waals surface area contributed by atoms with Gasteiger partial charge in [-0.3, -0.25) is 19.7 Å². The van der Waals surface area contributed by atoms with Crippen molar-refractivity contribution >= 4 is 23.6 Å². The molecular weight excluding hydrogens is 450 g/mol. The minimum Gasteiger partial charge on any atom is -0.467 e. The number of nitro benzene ring substituents is 1. The third kappa shape index (κ3) is 7.94. The fourth-order valence-corrected chi connectivity index (χ4v) is 3.34. The van der Waals surface area contributed by atoms with Gasteiger partial charge in [0.15, 0.2) is 0 Å². The minimum atomic E-state index is -0.485. The van der Waals surface area contributed by atoms with Gasteiger partial charge in [0, 0.05) is 38.4 Å². The molecule has 0 aliphatic heterocycles. The number of carbonyl (C=O) groups is 2. The summed E-state index contributed by atoms with van der Waals surface area (Å²) in [5, 5.41) is 10.8. The second-order valence-corrected chi connectivity index (χ2v) is 7.75. The SMILES string of the molecule is COCCN(CC(=O)N(Cc1ccccc1)Cc1ccco1)C(=O)/C=C/c1ccc([N+](=O)[O-])cc1. The number of carbonyl (C=O) groups excluding carboxylic acids is 2. The Hall–Kier alpha value is -4.24. The van der Waals surface area contributed by atoms with Crippen molar-refractivity contribution in [1.29, 1.82) is 0 Å². The van der Waals surface area contributed by atoms with Gasteiger partial charge in [0.2, 0.25) is 11.8 Å². The Balaban J connectivity index is 1.72. The summed E-state index contributed by atoms with van der Waals surface area (Å²) < 4.78 is 10.6. The molecule has 182 valence electrons. The smallest absolute Gasteiger partial charge is 0.269 e. The van der Waals surface area contributed by atoms with Gasteiger partial charge in [-0.2, -0.15) is 0 Å². The Morgan fingerprint density at radius 2 is 1.74 bits per heavy atom. The van der Waals surface area contributed by atoms with E-state index in [1.54, 1.807) is 41.5 Å². The lowest BCUT2D eigenvalue weighted by atomic mass is 10.2. The van der Waals surface area contributed by atoms with E-state index in [0.717, 1.165) is 5.56 Å². The molecule has 0 saturated heterocycles. The van der Waals surface area contributed by atoms with Crippen LogP contribution in [0.25, 0.3) is 6.08 Å². The third-order valence-electron chi connectivity index (χ3n) is 5.22. The topological polar surface area (TPSA) is 106 Å². The van der Waals surface area contributed by atoms with E-state index in [1.165, 1.54) is 30.2 Å². The van der Waals surface area contributed by atoms with Gasteiger partial charge in [0.1, 0.15) is 12.3 Å². The minimum absolute atomic E-state index is 0.0316. The first-order valence-electron chi connectivity index (χ1n) is 11.0. The van der Waals surface area contributed by atoms with Crippen LogP contribution in [0.5, 0.6) is 0 Å². The van der Waals surface area contributed by atoms with Gasteiger partial charge in [0.25, 0.3) is 5.69 Å². The van der Waals surface area contributed by atoms with Crippen LogP contribution >= 0.6 is 0 Å². The molecule has 9 heteroatoms.